The van der Waals surface area contributed by atoms with Crippen molar-refractivity contribution in [3.8, 4) is 0 Å². The number of ether oxygens (including phenoxy) is 1. The molecule has 0 aromatic carbocycles. The van der Waals surface area contributed by atoms with E-state index < -0.39 is 13.0 Å². The zero-order chi connectivity index (χ0) is 10.2. The molecule has 78 valence electrons. The summed E-state index contributed by atoms with van der Waals surface area (Å²) in [4.78, 5) is 7.77. The first-order valence-electron chi connectivity index (χ1n) is 4.16. The number of nitrogens with zero attached hydrogens (tertiary/aromatic N) is 2. The second-order valence-electron chi connectivity index (χ2n) is 2.47. The molecule has 1 rings (SSSR count). The summed E-state index contributed by atoms with van der Waals surface area (Å²) >= 11 is 0. The van der Waals surface area contributed by atoms with Crippen LogP contribution in [-0.2, 0) is 4.74 Å². The summed E-state index contributed by atoms with van der Waals surface area (Å²) in [5.74, 6) is 0.466. The molecular formula is C8H11F2N3O. The van der Waals surface area contributed by atoms with E-state index in [0.29, 0.717) is 12.5 Å². The molecule has 0 amide bonds. The lowest BCUT2D eigenvalue weighted by atomic mass is 10.6. The monoisotopic (exact) mass is 203 g/mol. The number of halogens is 2. The van der Waals surface area contributed by atoms with Crippen molar-refractivity contribution in [3.63, 3.8) is 0 Å². The van der Waals surface area contributed by atoms with Crippen molar-refractivity contribution in [1.82, 2.24) is 9.97 Å². The molecule has 6 heteroatoms. The molecule has 0 aliphatic carbocycles. The summed E-state index contributed by atoms with van der Waals surface area (Å²) in [6.45, 7) is 0.0939. The maximum absolute atomic E-state index is 11.6. The van der Waals surface area contributed by atoms with E-state index in [1.54, 1.807) is 18.5 Å². The third-order valence-electron chi connectivity index (χ3n) is 1.34. The standard InChI is InChI=1S/C8H11F2N3O/c9-7(10)6-14-5-4-13-8-11-2-1-3-12-8/h1-3,7H,4-6H2,(H,11,12,13). The van der Waals surface area contributed by atoms with Gasteiger partial charge in [-0.3, -0.25) is 0 Å². The summed E-state index contributed by atoms with van der Waals surface area (Å²) in [5, 5.41) is 2.83. The molecule has 1 N–H and O–H groups in total. The number of alkyl halides is 2. The van der Waals surface area contributed by atoms with Gasteiger partial charge in [0.25, 0.3) is 6.43 Å². The van der Waals surface area contributed by atoms with Crippen LogP contribution < -0.4 is 5.32 Å². The molecule has 4 nitrogen and oxygen atoms in total. The number of aromatic nitrogens is 2. The minimum Gasteiger partial charge on any atom is -0.374 e. The Bertz CT molecular complexity index is 246. The van der Waals surface area contributed by atoms with Crippen molar-refractivity contribution in [2.45, 2.75) is 6.43 Å². The van der Waals surface area contributed by atoms with Crippen molar-refractivity contribution in [3.05, 3.63) is 18.5 Å². The van der Waals surface area contributed by atoms with Gasteiger partial charge in [0.15, 0.2) is 0 Å². The second kappa shape index (κ2) is 6.20. The van der Waals surface area contributed by atoms with Crippen LogP contribution in [0.4, 0.5) is 14.7 Å². The highest BCUT2D eigenvalue weighted by Crippen LogP contribution is 1.94. The number of nitrogens with one attached hydrogen (secondary N) is 1. The molecule has 0 atom stereocenters. The number of anilines is 1. The lowest BCUT2D eigenvalue weighted by Gasteiger charge is -2.04. The molecule has 0 aliphatic rings. The van der Waals surface area contributed by atoms with Gasteiger partial charge in [-0.25, -0.2) is 18.7 Å². The Morgan fingerprint density at radius 1 is 1.36 bits per heavy atom. The van der Waals surface area contributed by atoms with E-state index in [2.05, 4.69) is 20.0 Å². The highest BCUT2D eigenvalue weighted by Gasteiger charge is 2.00. The molecule has 0 saturated carbocycles. The fourth-order valence-electron chi connectivity index (χ4n) is 0.798. The Labute approximate surface area is 80.3 Å². The van der Waals surface area contributed by atoms with Crippen molar-refractivity contribution in [2.24, 2.45) is 0 Å². The van der Waals surface area contributed by atoms with Crippen molar-refractivity contribution in [1.29, 1.82) is 0 Å². The number of hydrogen-bond donors (Lipinski definition) is 1. The van der Waals surface area contributed by atoms with Crippen LogP contribution >= 0.6 is 0 Å². The molecule has 0 unspecified atom stereocenters. The van der Waals surface area contributed by atoms with Crippen LogP contribution in [-0.4, -0.2) is 36.2 Å². The van der Waals surface area contributed by atoms with Gasteiger partial charge in [0.05, 0.1) is 6.61 Å². The third-order valence-corrected chi connectivity index (χ3v) is 1.34. The lowest BCUT2D eigenvalue weighted by Crippen LogP contribution is -2.14. The molecule has 0 bridgehead atoms. The average molecular weight is 203 g/mol. The smallest absolute Gasteiger partial charge is 0.261 e. The maximum Gasteiger partial charge on any atom is 0.261 e. The average Bonchev–Trinajstić information content (AvgIpc) is 2.18. The van der Waals surface area contributed by atoms with E-state index in [4.69, 9.17) is 0 Å². The van der Waals surface area contributed by atoms with E-state index in [0.717, 1.165) is 0 Å². The molecule has 0 radical (unpaired) electrons. The maximum atomic E-state index is 11.6. The molecule has 1 aromatic heterocycles. The summed E-state index contributed by atoms with van der Waals surface area (Å²) in [6, 6.07) is 1.69. The van der Waals surface area contributed by atoms with Gasteiger partial charge in [0.2, 0.25) is 5.95 Å². The van der Waals surface area contributed by atoms with Gasteiger partial charge in [-0.1, -0.05) is 0 Å². The highest BCUT2D eigenvalue weighted by atomic mass is 19.3. The molecule has 0 spiro atoms. The normalized spacial score (nSPS) is 10.5. The fourth-order valence-corrected chi connectivity index (χ4v) is 0.798. The second-order valence-corrected chi connectivity index (χ2v) is 2.47. The van der Waals surface area contributed by atoms with Gasteiger partial charge in [-0.2, -0.15) is 0 Å². The minimum atomic E-state index is -2.41. The predicted octanol–water partition coefficient (Wildman–Crippen LogP) is 1.17. The summed E-state index contributed by atoms with van der Waals surface area (Å²) < 4.78 is 27.9. The first-order chi connectivity index (χ1) is 6.79. The van der Waals surface area contributed by atoms with E-state index >= 15 is 0 Å². The molecule has 1 heterocycles. The molecule has 1 aromatic rings. The summed E-state index contributed by atoms with van der Waals surface area (Å²) in [7, 11) is 0. The van der Waals surface area contributed by atoms with Crippen molar-refractivity contribution >= 4 is 5.95 Å². The van der Waals surface area contributed by atoms with Crippen LogP contribution in [0.15, 0.2) is 18.5 Å². The Kier molecular flexibility index (Phi) is 4.77. The lowest BCUT2D eigenvalue weighted by molar-refractivity contribution is 0.0214. The fraction of sp³-hybridized carbons (Fsp3) is 0.500. The Morgan fingerprint density at radius 3 is 2.71 bits per heavy atom. The molecule has 14 heavy (non-hydrogen) atoms. The zero-order valence-corrected chi connectivity index (χ0v) is 7.49. The van der Waals surface area contributed by atoms with Gasteiger partial charge in [0, 0.05) is 18.9 Å². The van der Waals surface area contributed by atoms with Crippen molar-refractivity contribution < 1.29 is 13.5 Å². The van der Waals surface area contributed by atoms with Gasteiger partial charge >= 0.3 is 0 Å². The van der Waals surface area contributed by atoms with Gasteiger partial charge < -0.3 is 10.1 Å². The van der Waals surface area contributed by atoms with E-state index in [9.17, 15) is 8.78 Å². The highest BCUT2D eigenvalue weighted by molar-refractivity contribution is 5.21. The Morgan fingerprint density at radius 2 is 2.07 bits per heavy atom. The Balaban J connectivity index is 2.05. The Hall–Kier alpha value is -1.30. The molecule has 0 aliphatic heterocycles. The van der Waals surface area contributed by atoms with Crippen LogP contribution in [0.5, 0.6) is 0 Å². The van der Waals surface area contributed by atoms with Gasteiger partial charge in [0.1, 0.15) is 6.61 Å². The quantitative estimate of drug-likeness (QED) is 0.705. The van der Waals surface area contributed by atoms with E-state index in [-0.39, 0.29) is 6.61 Å². The minimum absolute atomic E-state index is 0.211. The zero-order valence-electron chi connectivity index (χ0n) is 7.49. The van der Waals surface area contributed by atoms with Gasteiger partial charge in [-0.05, 0) is 6.07 Å². The largest absolute Gasteiger partial charge is 0.374 e. The predicted molar refractivity (Wildman–Crippen MR) is 47.3 cm³/mol. The number of hydrogen-bond acceptors (Lipinski definition) is 4. The van der Waals surface area contributed by atoms with Crippen molar-refractivity contribution in [2.75, 3.05) is 25.1 Å². The topological polar surface area (TPSA) is 47.0 Å². The van der Waals surface area contributed by atoms with Crippen LogP contribution in [0.3, 0.4) is 0 Å². The van der Waals surface area contributed by atoms with Gasteiger partial charge in [-0.15, -0.1) is 0 Å². The summed E-state index contributed by atoms with van der Waals surface area (Å²) in [6.07, 6.45) is 0.771. The van der Waals surface area contributed by atoms with Crippen LogP contribution in [0, 0.1) is 0 Å². The summed E-state index contributed by atoms with van der Waals surface area (Å²) in [5.41, 5.74) is 0. The first-order valence-corrected chi connectivity index (χ1v) is 4.16. The number of rotatable bonds is 6. The first kappa shape index (κ1) is 10.8. The molecule has 0 fully saturated rings. The van der Waals surface area contributed by atoms with E-state index in [1.165, 1.54) is 0 Å². The molecular weight excluding hydrogens is 192 g/mol. The van der Waals surface area contributed by atoms with Crippen LogP contribution in [0.25, 0.3) is 0 Å². The van der Waals surface area contributed by atoms with Crippen LogP contribution in [0.2, 0.25) is 0 Å². The van der Waals surface area contributed by atoms with Crippen LogP contribution in [0.1, 0.15) is 0 Å². The SMILES string of the molecule is FC(F)COCCNc1ncccn1. The molecule has 0 saturated heterocycles. The van der Waals surface area contributed by atoms with E-state index in [1.807, 2.05) is 0 Å². The third kappa shape index (κ3) is 4.66.